The first-order chi connectivity index (χ1) is 10.1. The Labute approximate surface area is 132 Å². The molecule has 7 heteroatoms. The Hall–Kier alpha value is -1.66. The van der Waals surface area contributed by atoms with Crippen LogP contribution in [0.4, 0.5) is 5.13 Å². The molecule has 1 heterocycles. The van der Waals surface area contributed by atoms with Crippen molar-refractivity contribution in [1.29, 1.82) is 0 Å². The van der Waals surface area contributed by atoms with E-state index in [0.717, 1.165) is 23.4 Å². The van der Waals surface area contributed by atoms with Crippen LogP contribution in [0.5, 0.6) is 5.75 Å². The maximum Gasteiger partial charge on any atom is 0.264 e. The van der Waals surface area contributed by atoms with Crippen LogP contribution in [-0.2, 0) is 11.2 Å². The Morgan fingerprint density at radius 1 is 1.43 bits per heavy atom. The van der Waals surface area contributed by atoms with Crippen molar-refractivity contribution in [2.75, 3.05) is 11.9 Å². The molecule has 0 aliphatic carbocycles. The van der Waals surface area contributed by atoms with Crippen molar-refractivity contribution in [3.05, 3.63) is 33.8 Å². The average molecular weight is 326 g/mol. The molecular weight excluding hydrogens is 310 g/mol. The number of halogens is 1. The van der Waals surface area contributed by atoms with Crippen molar-refractivity contribution >= 4 is 34.0 Å². The van der Waals surface area contributed by atoms with E-state index in [0.29, 0.717) is 15.9 Å². The summed E-state index contributed by atoms with van der Waals surface area (Å²) in [5, 5.41) is 12.7. The lowest BCUT2D eigenvalue weighted by molar-refractivity contribution is -0.118. The maximum absolute atomic E-state index is 11.8. The number of benzene rings is 1. The smallest absolute Gasteiger partial charge is 0.264 e. The third kappa shape index (κ3) is 4.68. The summed E-state index contributed by atoms with van der Waals surface area (Å²) in [4.78, 5) is 11.8. The molecule has 0 fully saturated rings. The number of hydrogen-bond acceptors (Lipinski definition) is 5. The molecule has 1 aromatic heterocycles. The van der Waals surface area contributed by atoms with Crippen LogP contribution in [0.15, 0.2) is 18.2 Å². The minimum atomic E-state index is -0.262. The first-order valence-electron chi connectivity index (χ1n) is 6.59. The normalized spacial score (nSPS) is 10.4. The van der Waals surface area contributed by atoms with Crippen LogP contribution < -0.4 is 10.1 Å². The van der Waals surface area contributed by atoms with Gasteiger partial charge >= 0.3 is 0 Å². The minimum Gasteiger partial charge on any atom is -0.484 e. The number of aryl methyl sites for hydroxylation is 2. The number of anilines is 1. The van der Waals surface area contributed by atoms with Gasteiger partial charge in [0, 0.05) is 11.4 Å². The van der Waals surface area contributed by atoms with Gasteiger partial charge in [0.25, 0.3) is 5.91 Å². The fraction of sp³-hybridized carbons (Fsp3) is 0.357. The molecule has 0 unspecified atom stereocenters. The van der Waals surface area contributed by atoms with Crippen molar-refractivity contribution in [1.82, 2.24) is 10.2 Å². The number of rotatable bonds is 6. The quantitative estimate of drug-likeness (QED) is 0.883. The number of aromatic nitrogens is 2. The zero-order valence-electron chi connectivity index (χ0n) is 11.9. The number of amides is 1. The summed E-state index contributed by atoms with van der Waals surface area (Å²) in [7, 11) is 0. The molecule has 0 saturated carbocycles. The molecule has 0 saturated heterocycles. The van der Waals surface area contributed by atoms with Crippen LogP contribution >= 0.6 is 22.9 Å². The SMILES string of the molecule is CCCc1nnc(NC(=O)COc2ccc(Cl)c(C)c2)s1. The summed E-state index contributed by atoms with van der Waals surface area (Å²) < 4.78 is 5.42. The fourth-order valence-corrected chi connectivity index (χ4v) is 2.61. The number of carbonyl (C=O) groups excluding carboxylic acids is 1. The molecule has 21 heavy (non-hydrogen) atoms. The molecule has 0 aliphatic heterocycles. The molecule has 0 radical (unpaired) electrons. The first kappa shape index (κ1) is 15.7. The van der Waals surface area contributed by atoms with Crippen LogP contribution in [0, 0.1) is 6.92 Å². The van der Waals surface area contributed by atoms with E-state index in [1.165, 1.54) is 11.3 Å². The van der Waals surface area contributed by atoms with E-state index in [-0.39, 0.29) is 12.5 Å². The first-order valence-corrected chi connectivity index (χ1v) is 7.79. The van der Waals surface area contributed by atoms with Gasteiger partial charge in [-0.3, -0.25) is 10.1 Å². The van der Waals surface area contributed by atoms with E-state index in [1.54, 1.807) is 18.2 Å². The average Bonchev–Trinajstić information content (AvgIpc) is 2.88. The zero-order chi connectivity index (χ0) is 15.2. The molecule has 1 aromatic carbocycles. The molecule has 0 bridgehead atoms. The van der Waals surface area contributed by atoms with Gasteiger partial charge in [-0.1, -0.05) is 29.9 Å². The molecule has 0 atom stereocenters. The van der Waals surface area contributed by atoms with Crippen LogP contribution in [0.3, 0.4) is 0 Å². The Kier molecular flexibility index (Phi) is 5.52. The highest BCUT2D eigenvalue weighted by atomic mass is 35.5. The summed E-state index contributed by atoms with van der Waals surface area (Å²) in [5.41, 5.74) is 0.905. The van der Waals surface area contributed by atoms with Crippen molar-refractivity contribution in [3.63, 3.8) is 0 Å². The summed E-state index contributed by atoms with van der Waals surface area (Å²) >= 11 is 7.31. The molecule has 5 nitrogen and oxygen atoms in total. The highest BCUT2D eigenvalue weighted by molar-refractivity contribution is 7.15. The minimum absolute atomic E-state index is 0.0796. The largest absolute Gasteiger partial charge is 0.484 e. The topological polar surface area (TPSA) is 64.1 Å². The summed E-state index contributed by atoms with van der Waals surface area (Å²) in [6, 6.07) is 5.26. The molecule has 1 N–H and O–H groups in total. The number of ether oxygens (including phenoxy) is 1. The number of nitrogens with zero attached hydrogens (tertiary/aromatic N) is 2. The van der Waals surface area contributed by atoms with Gasteiger partial charge in [-0.25, -0.2) is 0 Å². The van der Waals surface area contributed by atoms with E-state index in [9.17, 15) is 4.79 Å². The van der Waals surface area contributed by atoms with Gasteiger partial charge in [-0.05, 0) is 37.1 Å². The fourth-order valence-electron chi connectivity index (χ4n) is 1.63. The van der Waals surface area contributed by atoms with Crippen molar-refractivity contribution < 1.29 is 9.53 Å². The Morgan fingerprint density at radius 3 is 2.95 bits per heavy atom. The second-order valence-corrected chi connectivity index (χ2v) is 5.97. The van der Waals surface area contributed by atoms with Gasteiger partial charge in [0.2, 0.25) is 5.13 Å². The number of carbonyl (C=O) groups is 1. The van der Waals surface area contributed by atoms with Gasteiger partial charge in [-0.15, -0.1) is 10.2 Å². The van der Waals surface area contributed by atoms with Crippen LogP contribution in [-0.4, -0.2) is 22.7 Å². The summed E-state index contributed by atoms with van der Waals surface area (Å²) in [5.74, 6) is 0.345. The van der Waals surface area contributed by atoms with E-state index in [1.807, 2.05) is 6.92 Å². The summed E-state index contributed by atoms with van der Waals surface area (Å²) in [6.07, 6.45) is 1.87. The monoisotopic (exact) mass is 325 g/mol. The third-order valence-corrected chi connectivity index (χ3v) is 4.00. The third-order valence-electron chi connectivity index (χ3n) is 2.68. The Morgan fingerprint density at radius 2 is 2.24 bits per heavy atom. The van der Waals surface area contributed by atoms with Crippen molar-refractivity contribution in [3.8, 4) is 5.75 Å². The molecule has 1 amide bonds. The predicted molar refractivity (Wildman–Crippen MR) is 84.2 cm³/mol. The zero-order valence-corrected chi connectivity index (χ0v) is 13.4. The standard InChI is InChI=1S/C14H16ClN3O2S/c1-3-4-13-17-18-14(21-13)16-12(19)8-20-10-5-6-11(15)9(2)7-10/h5-7H,3-4,8H2,1-2H3,(H,16,18,19). The lowest BCUT2D eigenvalue weighted by atomic mass is 10.2. The lowest BCUT2D eigenvalue weighted by Gasteiger charge is -2.07. The van der Waals surface area contributed by atoms with Crippen LogP contribution in [0.1, 0.15) is 23.9 Å². The van der Waals surface area contributed by atoms with Gasteiger partial charge in [0.1, 0.15) is 10.8 Å². The molecular formula is C14H16ClN3O2S. The van der Waals surface area contributed by atoms with Gasteiger partial charge in [-0.2, -0.15) is 0 Å². The van der Waals surface area contributed by atoms with Crippen molar-refractivity contribution in [2.24, 2.45) is 0 Å². The molecule has 2 aromatic rings. The second kappa shape index (κ2) is 7.38. The van der Waals surface area contributed by atoms with E-state index in [2.05, 4.69) is 22.4 Å². The van der Waals surface area contributed by atoms with Crippen molar-refractivity contribution in [2.45, 2.75) is 26.7 Å². The maximum atomic E-state index is 11.8. The molecule has 2 rings (SSSR count). The molecule has 0 spiro atoms. The molecule has 0 aliphatic rings. The van der Waals surface area contributed by atoms with E-state index < -0.39 is 0 Å². The Bertz CT molecular complexity index is 630. The lowest BCUT2D eigenvalue weighted by Crippen LogP contribution is -2.20. The summed E-state index contributed by atoms with van der Waals surface area (Å²) in [6.45, 7) is 3.87. The second-order valence-electron chi connectivity index (χ2n) is 4.50. The highest BCUT2D eigenvalue weighted by Gasteiger charge is 2.09. The van der Waals surface area contributed by atoms with Gasteiger partial charge in [0.05, 0.1) is 0 Å². The molecule has 112 valence electrons. The number of nitrogens with one attached hydrogen (secondary N) is 1. The van der Waals surface area contributed by atoms with Crippen LogP contribution in [0.25, 0.3) is 0 Å². The van der Waals surface area contributed by atoms with Gasteiger partial charge < -0.3 is 4.74 Å². The number of hydrogen-bond donors (Lipinski definition) is 1. The van der Waals surface area contributed by atoms with Gasteiger partial charge in [0.15, 0.2) is 6.61 Å². The van der Waals surface area contributed by atoms with E-state index in [4.69, 9.17) is 16.3 Å². The highest BCUT2D eigenvalue weighted by Crippen LogP contribution is 2.21. The Balaban J connectivity index is 1.85. The predicted octanol–water partition coefficient (Wildman–Crippen LogP) is 3.47. The van der Waals surface area contributed by atoms with Crippen LogP contribution in [0.2, 0.25) is 5.02 Å². The van der Waals surface area contributed by atoms with E-state index >= 15 is 0 Å².